The van der Waals surface area contributed by atoms with Crippen molar-refractivity contribution in [3.8, 4) is 0 Å². The quantitative estimate of drug-likeness (QED) is 0.704. The molecule has 0 spiro atoms. The number of alkyl halides is 3. The molecule has 1 fully saturated rings. The lowest BCUT2D eigenvalue weighted by Gasteiger charge is -2.18. The lowest BCUT2D eigenvalue weighted by atomic mass is 9.89. The first-order valence-electron chi connectivity index (χ1n) is 9.85. The van der Waals surface area contributed by atoms with Gasteiger partial charge in [0.15, 0.2) is 11.6 Å². The van der Waals surface area contributed by atoms with Crippen molar-refractivity contribution >= 4 is 17.4 Å². The highest BCUT2D eigenvalue weighted by atomic mass is 19.4. The molecule has 0 radical (unpaired) electrons. The molecule has 1 amide bonds. The molecular formula is C20H25F3N4O3. The molecular weight excluding hydrogens is 401 g/mol. The van der Waals surface area contributed by atoms with Gasteiger partial charge >= 0.3 is 6.18 Å². The van der Waals surface area contributed by atoms with Crippen LogP contribution >= 0.6 is 0 Å². The second kappa shape index (κ2) is 9.46. The van der Waals surface area contributed by atoms with Crippen LogP contribution < -0.4 is 10.2 Å². The first kappa shape index (κ1) is 22.1. The van der Waals surface area contributed by atoms with E-state index in [4.69, 9.17) is 9.15 Å². The third-order valence-corrected chi connectivity index (χ3v) is 5.10. The number of likely N-dealkylation sites (N-methyl/N-ethyl adjacent to an activating group) is 1. The van der Waals surface area contributed by atoms with Gasteiger partial charge in [0.2, 0.25) is 5.76 Å². The van der Waals surface area contributed by atoms with Gasteiger partial charge in [0, 0.05) is 26.6 Å². The largest absolute Gasteiger partial charge is 0.452 e. The maximum atomic E-state index is 13.4. The number of carbonyl (C=O) groups excluding carboxylic acids is 1. The van der Waals surface area contributed by atoms with E-state index in [0.717, 1.165) is 19.3 Å². The number of amides is 1. The Bertz CT molecular complexity index is 846. The predicted molar refractivity (Wildman–Crippen MR) is 105 cm³/mol. The van der Waals surface area contributed by atoms with Crippen LogP contribution in [0.5, 0.6) is 0 Å². The number of pyridine rings is 1. The minimum Gasteiger partial charge on any atom is -0.435 e. The molecule has 0 atom stereocenters. The predicted octanol–water partition coefficient (Wildman–Crippen LogP) is 4.47. The van der Waals surface area contributed by atoms with Gasteiger partial charge in [0.05, 0.1) is 18.5 Å². The number of rotatable bonds is 7. The average Bonchev–Trinajstić information content (AvgIpc) is 3.19. The molecule has 0 bridgehead atoms. The smallest absolute Gasteiger partial charge is 0.435 e. The van der Waals surface area contributed by atoms with Crippen LogP contribution in [0.2, 0.25) is 0 Å². The Labute approximate surface area is 172 Å². The standard InChI is InChI=1S/C20H25F3N4O3/c1-27(10-11-29-2)15-9-8-14(12-24-15)25-18(28)16-17(20(21,22)23)30-19(26-16)13-6-4-3-5-7-13/h8-9,12-13H,3-7,10-11H2,1-2H3,(H,25,28). The van der Waals surface area contributed by atoms with Crippen molar-refractivity contribution in [2.45, 2.75) is 44.2 Å². The summed E-state index contributed by atoms with van der Waals surface area (Å²) >= 11 is 0. The van der Waals surface area contributed by atoms with E-state index in [1.807, 2.05) is 11.9 Å². The normalized spacial score (nSPS) is 15.2. The van der Waals surface area contributed by atoms with Crippen LogP contribution in [-0.2, 0) is 10.9 Å². The Morgan fingerprint density at radius 1 is 1.30 bits per heavy atom. The van der Waals surface area contributed by atoms with Crippen molar-refractivity contribution in [3.05, 3.63) is 35.7 Å². The molecule has 30 heavy (non-hydrogen) atoms. The zero-order valence-electron chi connectivity index (χ0n) is 17.0. The summed E-state index contributed by atoms with van der Waals surface area (Å²) in [5, 5.41) is 2.43. The lowest BCUT2D eigenvalue weighted by Crippen LogP contribution is -2.23. The van der Waals surface area contributed by atoms with Gasteiger partial charge in [-0.25, -0.2) is 9.97 Å². The van der Waals surface area contributed by atoms with Crippen LogP contribution in [0.4, 0.5) is 24.7 Å². The Kier molecular flexibility index (Phi) is 6.96. The van der Waals surface area contributed by atoms with E-state index in [-0.39, 0.29) is 17.5 Å². The Morgan fingerprint density at radius 2 is 2.03 bits per heavy atom. The van der Waals surface area contributed by atoms with Crippen LogP contribution in [0, 0.1) is 0 Å². The molecule has 2 heterocycles. The van der Waals surface area contributed by atoms with Gasteiger partial charge in [-0.1, -0.05) is 19.3 Å². The minimum atomic E-state index is -4.81. The van der Waals surface area contributed by atoms with Crippen molar-refractivity contribution in [2.24, 2.45) is 0 Å². The van der Waals surface area contributed by atoms with E-state index in [1.165, 1.54) is 6.20 Å². The second-order valence-electron chi connectivity index (χ2n) is 7.34. The molecule has 0 aliphatic heterocycles. The summed E-state index contributed by atoms with van der Waals surface area (Å²) in [6.45, 7) is 1.14. The molecule has 7 nitrogen and oxygen atoms in total. The fraction of sp³-hybridized carbons (Fsp3) is 0.550. The number of nitrogens with zero attached hydrogens (tertiary/aromatic N) is 3. The molecule has 1 saturated carbocycles. The topological polar surface area (TPSA) is 80.5 Å². The van der Waals surface area contributed by atoms with E-state index in [9.17, 15) is 18.0 Å². The van der Waals surface area contributed by atoms with Crippen LogP contribution in [0.1, 0.15) is 60.2 Å². The molecule has 3 rings (SSSR count). The third kappa shape index (κ3) is 5.29. The monoisotopic (exact) mass is 426 g/mol. The van der Waals surface area contributed by atoms with Gasteiger partial charge in [-0.2, -0.15) is 13.2 Å². The van der Waals surface area contributed by atoms with Gasteiger partial charge in [0.25, 0.3) is 5.91 Å². The molecule has 164 valence electrons. The molecule has 2 aromatic heterocycles. The van der Waals surface area contributed by atoms with Crippen LogP contribution in [0.3, 0.4) is 0 Å². The maximum Gasteiger partial charge on any atom is 0.452 e. The molecule has 2 aromatic rings. The number of carbonyl (C=O) groups is 1. The average molecular weight is 426 g/mol. The zero-order chi connectivity index (χ0) is 21.7. The Hall–Kier alpha value is -2.62. The summed E-state index contributed by atoms with van der Waals surface area (Å²) in [7, 11) is 3.43. The highest BCUT2D eigenvalue weighted by Gasteiger charge is 2.42. The van der Waals surface area contributed by atoms with Gasteiger partial charge in [-0.05, 0) is 25.0 Å². The highest BCUT2D eigenvalue weighted by Crippen LogP contribution is 2.38. The van der Waals surface area contributed by atoms with E-state index >= 15 is 0 Å². The fourth-order valence-electron chi connectivity index (χ4n) is 3.43. The maximum absolute atomic E-state index is 13.4. The second-order valence-corrected chi connectivity index (χ2v) is 7.34. The van der Waals surface area contributed by atoms with E-state index in [1.54, 1.807) is 19.2 Å². The van der Waals surface area contributed by atoms with Gasteiger partial charge < -0.3 is 19.4 Å². The van der Waals surface area contributed by atoms with E-state index < -0.39 is 23.5 Å². The number of aromatic nitrogens is 2. The zero-order valence-corrected chi connectivity index (χ0v) is 17.0. The highest BCUT2D eigenvalue weighted by molar-refractivity contribution is 6.03. The molecule has 0 unspecified atom stereocenters. The summed E-state index contributed by atoms with van der Waals surface area (Å²) in [5.41, 5.74) is -0.483. The number of ether oxygens (including phenoxy) is 1. The first-order valence-corrected chi connectivity index (χ1v) is 9.85. The van der Waals surface area contributed by atoms with Crippen molar-refractivity contribution < 1.29 is 27.1 Å². The van der Waals surface area contributed by atoms with Crippen molar-refractivity contribution in [2.75, 3.05) is 37.5 Å². The lowest BCUT2D eigenvalue weighted by molar-refractivity contribution is -0.153. The van der Waals surface area contributed by atoms with E-state index in [2.05, 4.69) is 15.3 Å². The van der Waals surface area contributed by atoms with Crippen molar-refractivity contribution in [1.82, 2.24) is 9.97 Å². The van der Waals surface area contributed by atoms with Gasteiger partial charge in [-0.15, -0.1) is 0 Å². The van der Waals surface area contributed by atoms with Crippen molar-refractivity contribution in [3.63, 3.8) is 0 Å². The van der Waals surface area contributed by atoms with Crippen LogP contribution in [0.25, 0.3) is 0 Å². The van der Waals surface area contributed by atoms with Crippen LogP contribution in [-0.4, -0.2) is 43.2 Å². The van der Waals surface area contributed by atoms with Gasteiger partial charge in [0.1, 0.15) is 5.82 Å². The summed E-state index contributed by atoms with van der Waals surface area (Å²) in [6, 6.07) is 3.23. The number of hydrogen-bond acceptors (Lipinski definition) is 6. The number of oxazole rings is 1. The SMILES string of the molecule is COCCN(C)c1ccc(NC(=O)c2nc(C3CCCCC3)oc2C(F)(F)F)cn1. The van der Waals surface area contributed by atoms with Crippen molar-refractivity contribution in [1.29, 1.82) is 0 Å². The van der Waals surface area contributed by atoms with Gasteiger partial charge in [-0.3, -0.25) is 4.79 Å². The molecule has 1 N–H and O–H groups in total. The molecule has 0 saturated heterocycles. The Morgan fingerprint density at radius 3 is 2.63 bits per heavy atom. The molecule has 10 heteroatoms. The molecule has 0 aromatic carbocycles. The third-order valence-electron chi connectivity index (χ3n) is 5.10. The number of hydrogen-bond donors (Lipinski definition) is 1. The summed E-state index contributed by atoms with van der Waals surface area (Å²) in [4.78, 5) is 22.6. The number of methoxy groups -OCH3 is 1. The molecule has 1 aliphatic carbocycles. The minimum absolute atomic E-state index is 0.0135. The number of halogens is 3. The summed E-state index contributed by atoms with van der Waals surface area (Å²) in [5.74, 6) is -1.90. The first-order chi connectivity index (χ1) is 14.3. The fourth-order valence-corrected chi connectivity index (χ4v) is 3.43. The summed E-state index contributed by atoms with van der Waals surface area (Å²) < 4.78 is 50.3. The Balaban J connectivity index is 1.76. The number of nitrogens with one attached hydrogen (secondary N) is 1. The van der Waals surface area contributed by atoms with Crippen LogP contribution in [0.15, 0.2) is 22.7 Å². The summed E-state index contributed by atoms with van der Waals surface area (Å²) in [6.07, 6.45) is 0.853. The van der Waals surface area contributed by atoms with E-state index in [0.29, 0.717) is 31.8 Å². The molecule has 1 aliphatic rings. The number of anilines is 2.